The molecule has 1 aromatic heterocycles. The molecule has 7 rings (SSSR count). The number of rotatable bonds is 20. The van der Waals surface area contributed by atoms with Crippen molar-refractivity contribution in [1.82, 2.24) is 9.47 Å². The predicted molar refractivity (Wildman–Crippen MR) is 279 cm³/mol. The number of nitrogens with zero attached hydrogens (tertiary/aromatic N) is 4. The van der Waals surface area contributed by atoms with E-state index in [0.717, 1.165) is 28.3 Å². The van der Waals surface area contributed by atoms with E-state index in [-0.39, 0.29) is 16.9 Å². The Bertz CT molecular complexity index is 3070. The number of benzene rings is 5. The van der Waals surface area contributed by atoms with Crippen molar-refractivity contribution in [2.24, 2.45) is 0 Å². The van der Waals surface area contributed by atoms with Crippen LogP contribution in [0.4, 0.5) is 40.3 Å². The average molecular weight is 1070 g/mol. The minimum absolute atomic E-state index is 0.0766. The van der Waals surface area contributed by atoms with Gasteiger partial charge in [0.1, 0.15) is 10.7 Å². The quantitative estimate of drug-likeness (QED) is 0.0380. The predicted octanol–water partition coefficient (Wildman–Crippen LogP) is 11.3. The van der Waals surface area contributed by atoms with Crippen LogP contribution in [0.1, 0.15) is 29.4 Å². The molecule has 0 spiro atoms. The van der Waals surface area contributed by atoms with Crippen LogP contribution in [-0.2, 0) is 26.4 Å². The van der Waals surface area contributed by atoms with Gasteiger partial charge < -0.3 is 24.8 Å². The van der Waals surface area contributed by atoms with E-state index in [2.05, 4.69) is 10.0 Å². The number of carbonyl (C=O) groups is 1. The molecule has 0 saturated carbocycles. The average Bonchev–Trinajstić information content (AvgIpc) is 3.64. The summed E-state index contributed by atoms with van der Waals surface area (Å²) in [6.45, 7) is 6.55. The fourth-order valence-electron chi connectivity index (χ4n) is 8.59. The van der Waals surface area contributed by atoms with Crippen molar-refractivity contribution in [1.29, 1.82) is 0 Å². The Morgan fingerprint density at radius 1 is 0.859 bits per heavy atom. The molecular formula is C50H53ClF4N6O6S4. The monoisotopic (exact) mass is 1070 g/mol. The lowest BCUT2D eigenvalue weighted by Gasteiger charge is -2.37. The van der Waals surface area contributed by atoms with Gasteiger partial charge in [0.25, 0.3) is 19.9 Å². The van der Waals surface area contributed by atoms with Crippen LogP contribution < -0.4 is 19.8 Å². The second-order valence-corrected chi connectivity index (χ2v) is 22.9. The summed E-state index contributed by atoms with van der Waals surface area (Å²) in [6, 6.07) is 29.5. The van der Waals surface area contributed by atoms with E-state index in [1.807, 2.05) is 69.8 Å². The maximum absolute atomic E-state index is 15.6. The van der Waals surface area contributed by atoms with Crippen LogP contribution in [0, 0.1) is 12.7 Å². The van der Waals surface area contributed by atoms with Gasteiger partial charge in [0.05, 0.1) is 21.8 Å². The number of aromatic carboxylic acids is 1. The van der Waals surface area contributed by atoms with Crippen LogP contribution in [-0.4, -0.2) is 107 Å². The fraction of sp³-hybridized carbons (Fsp3) is 0.300. The molecule has 1 saturated heterocycles. The van der Waals surface area contributed by atoms with E-state index in [0.29, 0.717) is 96.6 Å². The van der Waals surface area contributed by atoms with Crippen molar-refractivity contribution in [3.8, 4) is 22.4 Å². The number of hydrogen-bond donors (Lipinski definition) is 3. The number of nitrogens with one attached hydrogen (secondary N) is 2. The number of carboxylic acid groups (broad SMARTS) is 1. The van der Waals surface area contributed by atoms with Gasteiger partial charge in [-0.1, -0.05) is 41.9 Å². The van der Waals surface area contributed by atoms with E-state index in [4.69, 9.17) is 11.6 Å². The number of alkyl halides is 3. The fourth-order valence-corrected chi connectivity index (χ4v) is 12.4. The van der Waals surface area contributed by atoms with Crippen LogP contribution >= 0.6 is 35.1 Å². The minimum atomic E-state index is -6.02. The molecule has 378 valence electrons. The number of piperazine rings is 1. The molecule has 71 heavy (non-hydrogen) atoms. The zero-order valence-electron chi connectivity index (χ0n) is 39.2. The van der Waals surface area contributed by atoms with Gasteiger partial charge in [-0.15, -0.1) is 23.5 Å². The first kappa shape index (κ1) is 53.4. The highest BCUT2D eigenvalue weighted by atomic mass is 35.5. The van der Waals surface area contributed by atoms with E-state index in [1.54, 1.807) is 61.2 Å². The van der Waals surface area contributed by atoms with Gasteiger partial charge in [-0.05, 0) is 130 Å². The normalized spacial score (nSPS) is 13.9. The van der Waals surface area contributed by atoms with Crippen LogP contribution in [0.2, 0.25) is 5.02 Å². The summed E-state index contributed by atoms with van der Waals surface area (Å²) in [5, 5.41) is 13.9. The number of sulfone groups is 1. The Balaban J connectivity index is 1.07. The van der Waals surface area contributed by atoms with Crippen molar-refractivity contribution in [3.63, 3.8) is 0 Å². The van der Waals surface area contributed by atoms with Crippen LogP contribution in [0.25, 0.3) is 22.4 Å². The Hall–Kier alpha value is -5.38. The van der Waals surface area contributed by atoms with Gasteiger partial charge in [-0.2, -0.15) is 13.2 Å². The topological polar surface area (TPSA) is 144 Å². The van der Waals surface area contributed by atoms with Crippen molar-refractivity contribution in [2.45, 2.75) is 53.0 Å². The first-order valence-corrected chi connectivity index (χ1v) is 28.2. The lowest BCUT2D eigenvalue weighted by Crippen LogP contribution is -2.46. The number of hydrogen-bond acceptors (Lipinski definition) is 11. The van der Waals surface area contributed by atoms with E-state index in [1.165, 1.54) is 36.0 Å². The summed E-state index contributed by atoms with van der Waals surface area (Å²) in [6.07, 6.45) is 2.39. The first-order chi connectivity index (χ1) is 33.7. The molecule has 5 aromatic carbocycles. The van der Waals surface area contributed by atoms with E-state index in [9.17, 15) is 39.9 Å². The molecule has 2 heterocycles. The Labute approximate surface area is 425 Å². The van der Waals surface area contributed by atoms with Gasteiger partial charge in [0, 0.05) is 95.2 Å². The smallest absolute Gasteiger partial charge is 0.478 e. The van der Waals surface area contributed by atoms with E-state index >= 15 is 4.39 Å². The van der Waals surface area contributed by atoms with Gasteiger partial charge >= 0.3 is 11.5 Å². The molecule has 0 bridgehead atoms. The summed E-state index contributed by atoms with van der Waals surface area (Å²) in [4.78, 5) is 17.9. The van der Waals surface area contributed by atoms with Gasteiger partial charge in [0.15, 0.2) is 0 Å². The number of anilines is 4. The van der Waals surface area contributed by atoms with Crippen molar-refractivity contribution >= 4 is 83.7 Å². The number of aromatic nitrogens is 1. The van der Waals surface area contributed by atoms with E-state index < -0.39 is 53.0 Å². The van der Waals surface area contributed by atoms with Crippen LogP contribution in [0.5, 0.6) is 0 Å². The highest BCUT2D eigenvalue weighted by molar-refractivity contribution is 7.99. The van der Waals surface area contributed by atoms with Gasteiger partial charge in [-0.25, -0.2) is 26.0 Å². The Morgan fingerprint density at radius 3 is 2.11 bits per heavy atom. The standard InChI is InChI=1S/C50H53ClF4N6O6S4/c1-5-61-33(2)46(49(62)63)47(48(61)34-11-13-36(51)14-12-34)35-27-37(52)29-41(28-35)60-25-23-59(24-26-60)40-17-15-38(16-18-40)57-71(66,67)43-19-20-44(45(30-43)70(64,65)50(53,54)55)56-39(21-22-58(3)32-68-4)31-69-42-9-7-6-8-10-42/h6-20,27-30,39,56-57H,5,21-26,31-32H2,1-4H3,(H,62,63)/t39-/m1/s1. The molecule has 0 amide bonds. The van der Waals surface area contributed by atoms with Crippen LogP contribution in [0.15, 0.2) is 130 Å². The zero-order chi connectivity index (χ0) is 51.3. The summed E-state index contributed by atoms with van der Waals surface area (Å²) in [5.41, 5.74) is -1.93. The van der Waals surface area contributed by atoms with Crippen molar-refractivity contribution < 1.29 is 44.3 Å². The Kier molecular flexibility index (Phi) is 17.0. The SMILES string of the molecule is CCn1c(C)c(C(=O)O)c(-c2cc(F)cc(N3CCN(c4ccc(NS(=O)(=O)c5ccc(N[C@H](CCN(C)CSC)CSc6ccccc6)c(S(=O)(=O)C(F)(F)F)c5)cc4)CC3)c2)c1-c1ccc(Cl)cc1. The van der Waals surface area contributed by atoms with Crippen molar-refractivity contribution in [3.05, 3.63) is 137 Å². The molecule has 6 aromatic rings. The zero-order valence-corrected chi connectivity index (χ0v) is 43.2. The Morgan fingerprint density at radius 2 is 1.51 bits per heavy atom. The first-order valence-electron chi connectivity index (χ1n) is 22.4. The third kappa shape index (κ3) is 12.5. The lowest BCUT2D eigenvalue weighted by atomic mass is 9.96. The molecule has 0 aliphatic carbocycles. The molecule has 1 aliphatic rings. The summed E-state index contributed by atoms with van der Waals surface area (Å²) >= 11 is 9.25. The molecule has 1 fully saturated rings. The second kappa shape index (κ2) is 22.6. The summed E-state index contributed by atoms with van der Waals surface area (Å²) in [7, 11) is -8.73. The third-order valence-electron chi connectivity index (χ3n) is 12.1. The highest BCUT2D eigenvalue weighted by Gasteiger charge is 2.48. The molecule has 0 unspecified atom stereocenters. The minimum Gasteiger partial charge on any atom is -0.478 e. The van der Waals surface area contributed by atoms with Gasteiger partial charge in [0.2, 0.25) is 0 Å². The molecule has 1 aliphatic heterocycles. The molecule has 3 N–H and O–H groups in total. The largest absolute Gasteiger partial charge is 0.501 e. The molecule has 21 heteroatoms. The number of sulfonamides is 1. The van der Waals surface area contributed by atoms with Crippen LogP contribution in [0.3, 0.4) is 0 Å². The number of carboxylic acids is 1. The highest BCUT2D eigenvalue weighted by Crippen LogP contribution is 2.42. The molecule has 1 atom stereocenters. The third-order valence-corrected chi connectivity index (χ3v) is 17.1. The van der Waals surface area contributed by atoms with Crippen molar-refractivity contribution in [2.75, 3.05) is 77.5 Å². The maximum Gasteiger partial charge on any atom is 0.501 e. The number of halogens is 5. The number of thioether (sulfide) groups is 2. The maximum atomic E-state index is 15.6. The molecule has 0 radical (unpaired) electrons. The summed E-state index contributed by atoms with van der Waals surface area (Å²) in [5.74, 6) is -0.589. The summed E-state index contributed by atoms with van der Waals surface area (Å²) < 4.78 is 116. The lowest BCUT2D eigenvalue weighted by molar-refractivity contribution is -0.0435. The molecule has 12 nitrogen and oxygen atoms in total. The second-order valence-electron chi connectivity index (χ2n) is 16.9. The van der Waals surface area contributed by atoms with Gasteiger partial charge in [-0.3, -0.25) is 9.62 Å². The molecular weight excluding hydrogens is 1020 g/mol.